The van der Waals surface area contributed by atoms with Crippen molar-refractivity contribution in [3.8, 4) is 0 Å². The van der Waals surface area contributed by atoms with E-state index in [1.807, 2.05) is 0 Å². The van der Waals surface area contributed by atoms with E-state index in [1.165, 1.54) is 6.07 Å². The molecule has 0 unspecified atom stereocenters. The van der Waals surface area contributed by atoms with Crippen molar-refractivity contribution < 1.29 is 26.3 Å². The zero-order valence-corrected chi connectivity index (χ0v) is 14.2. The van der Waals surface area contributed by atoms with Crippen LogP contribution in [0, 0.1) is 0 Å². The smallest absolute Gasteiger partial charge is 0.352 e. The molecule has 0 fully saturated rings. The fraction of sp³-hybridized carbons (Fsp3) is 0.333. The average molecular weight is 399 g/mol. The number of nitrogens with zero attached hydrogens (tertiary/aromatic N) is 2. The molecule has 0 saturated heterocycles. The molecule has 1 aromatic carbocycles. The number of benzene rings is 1. The van der Waals surface area contributed by atoms with Gasteiger partial charge in [-0.2, -0.15) is 31.3 Å². The second-order valence-corrected chi connectivity index (χ2v) is 5.95. The molecule has 1 heterocycles. The summed E-state index contributed by atoms with van der Waals surface area (Å²) in [6, 6.07) is 3.24. The van der Waals surface area contributed by atoms with E-state index in [1.54, 1.807) is 13.8 Å². The Morgan fingerprint density at radius 2 is 1.65 bits per heavy atom. The highest BCUT2D eigenvalue weighted by atomic mass is 35.5. The van der Waals surface area contributed by atoms with E-state index in [4.69, 9.17) is 11.6 Å². The van der Waals surface area contributed by atoms with Gasteiger partial charge in [-0.25, -0.2) is 4.98 Å². The molecule has 2 rings (SSSR count). The number of hydrogen-bond acceptors (Lipinski definition) is 4. The lowest BCUT2D eigenvalue weighted by Crippen LogP contribution is -2.17. The summed E-state index contributed by atoms with van der Waals surface area (Å²) in [5.41, 5.74) is -3.03. The highest BCUT2D eigenvalue weighted by molar-refractivity contribution is 6.33. The topological polar surface area (TPSA) is 49.8 Å². The molecule has 11 heteroatoms. The SMILES string of the molecule is CC(C)Nc1nc(Nc2c(Cl)cccc2C(F)(F)F)cc(C(F)(F)F)n1. The van der Waals surface area contributed by atoms with Gasteiger partial charge in [0, 0.05) is 12.1 Å². The van der Waals surface area contributed by atoms with Gasteiger partial charge in [0.2, 0.25) is 5.95 Å². The van der Waals surface area contributed by atoms with Crippen LogP contribution in [0.15, 0.2) is 24.3 Å². The lowest BCUT2D eigenvalue weighted by molar-refractivity contribution is -0.141. The first kappa shape index (κ1) is 20.1. The van der Waals surface area contributed by atoms with Crippen molar-refractivity contribution in [2.75, 3.05) is 10.6 Å². The van der Waals surface area contributed by atoms with Gasteiger partial charge in [0.15, 0.2) is 5.69 Å². The third-order valence-corrected chi connectivity index (χ3v) is 3.32. The molecule has 0 atom stereocenters. The number of halogens is 7. The Bertz CT molecular complexity index is 789. The minimum Gasteiger partial charge on any atom is -0.352 e. The fourth-order valence-corrected chi connectivity index (χ4v) is 2.22. The Balaban J connectivity index is 2.53. The van der Waals surface area contributed by atoms with Crippen molar-refractivity contribution in [3.63, 3.8) is 0 Å². The fourth-order valence-electron chi connectivity index (χ4n) is 1.99. The van der Waals surface area contributed by atoms with E-state index in [0.717, 1.165) is 12.1 Å². The number of alkyl halides is 6. The van der Waals surface area contributed by atoms with E-state index in [2.05, 4.69) is 20.6 Å². The third kappa shape index (κ3) is 4.90. The van der Waals surface area contributed by atoms with E-state index >= 15 is 0 Å². The van der Waals surface area contributed by atoms with Gasteiger partial charge in [0.1, 0.15) is 5.82 Å². The van der Waals surface area contributed by atoms with Crippen molar-refractivity contribution in [3.05, 3.63) is 40.5 Å². The number of para-hydroxylation sites is 1. The summed E-state index contributed by atoms with van der Waals surface area (Å²) in [7, 11) is 0. The van der Waals surface area contributed by atoms with Crippen LogP contribution in [0.3, 0.4) is 0 Å². The van der Waals surface area contributed by atoms with Crippen LogP contribution in [0.2, 0.25) is 5.02 Å². The van der Waals surface area contributed by atoms with Gasteiger partial charge in [-0.3, -0.25) is 0 Å². The Morgan fingerprint density at radius 3 is 2.19 bits per heavy atom. The summed E-state index contributed by atoms with van der Waals surface area (Å²) in [4.78, 5) is 7.12. The predicted molar refractivity (Wildman–Crippen MR) is 85.5 cm³/mol. The molecule has 0 radical (unpaired) electrons. The summed E-state index contributed by atoms with van der Waals surface area (Å²) in [6.45, 7) is 3.29. The van der Waals surface area contributed by atoms with Gasteiger partial charge in [0.25, 0.3) is 0 Å². The molecule has 142 valence electrons. The zero-order chi connectivity index (χ0) is 19.7. The number of aromatic nitrogens is 2. The van der Waals surface area contributed by atoms with E-state index in [9.17, 15) is 26.3 Å². The van der Waals surface area contributed by atoms with Crippen molar-refractivity contribution in [2.45, 2.75) is 32.2 Å². The Kier molecular flexibility index (Phi) is 5.55. The van der Waals surface area contributed by atoms with E-state index < -0.39 is 35.1 Å². The molecule has 0 aliphatic rings. The Hall–Kier alpha value is -2.23. The molecular formula is C15H13ClF6N4. The highest BCUT2D eigenvalue weighted by Gasteiger charge is 2.36. The number of nitrogens with one attached hydrogen (secondary N) is 2. The Morgan fingerprint density at radius 1 is 1.00 bits per heavy atom. The lowest BCUT2D eigenvalue weighted by Gasteiger charge is -2.17. The zero-order valence-electron chi connectivity index (χ0n) is 13.4. The van der Waals surface area contributed by atoms with Gasteiger partial charge in [-0.1, -0.05) is 17.7 Å². The van der Waals surface area contributed by atoms with Crippen LogP contribution < -0.4 is 10.6 Å². The summed E-state index contributed by atoms with van der Waals surface area (Å²) in [5, 5.41) is 4.50. The summed E-state index contributed by atoms with van der Waals surface area (Å²) < 4.78 is 78.4. The van der Waals surface area contributed by atoms with Crippen LogP contribution in [0.1, 0.15) is 25.1 Å². The van der Waals surface area contributed by atoms with Crippen LogP contribution in [0.25, 0.3) is 0 Å². The average Bonchev–Trinajstić information content (AvgIpc) is 2.46. The van der Waals surface area contributed by atoms with Crippen molar-refractivity contribution in [1.29, 1.82) is 0 Å². The van der Waals surface area contributed by atoms with Crippen molar-refractivity contribution in [2.24, 2.45) is 0 Å². The quantitative estimate of drug-likeness (QED) is 0.646. The number of rotatable bonds is 4. The first-order valence-corrected chi connectivity index (χ1v) is 7.61. The van der Waals surface area contributed by atoms with Crippen molar-refractivity contribution in [1.82, 2.24) is 9.97 Å². The minimum absolute atomic E-state index is 0.294. The third-order valence-electron chi connectivity index (χ3n) is 3.01. The largest absolute Gasteiger partial charge is 0.433 e. The van der Waals surface area contributed by atoms with Gasteiger partial charge in [-0.05, 0) is 26.0 Å². The minimum atomic E-state index is -4.81. The van der Waals surface area contributed by atoms with Crippen LogP contribution in [0.5, 0.6) is 0 Å². The van der Waals surface area contributed by atoms with Crippen LogP contribution >= 0.6 is 11.6 Å². The van der Waals surface area contributed by atoms with E-state index in [-0.39, 0.29) is 17.0 Å². The van der Waals surface area contributed by atoms with Crippen LogP contribution in [-0.4, -0.2) is 16.0 Å². The molecule has 0 saturated carbocycles. The molecule has 2 aromatic rings. The highest BCUT2D eigenvalue weighted by Crippen LogP contribution is 2.40. The summed E-state index contributed by atoms with van der Waals surface area (Å²) >= 11 is 5.80. The first-order valence-electron chi connectivity index (χ1n) is 7.23. The maximum Gasteiger partial charge on any atom is 0.433 e. The van der Waals surface area contributed by atoms with Gasteiger partial charge < -0.3 is 10.6 Å². The molecule has 0 aliphatic carbocycles. The monoisotopic (exact) mass is 398 g/mol. The summed E-state index contributed by atoms with van der Waals surface area (Å²) in [5.74, 6) is -0.855. The second-order valence-electron chi connectivity index (χ2n) is 5.54. The first-order chi connectivity index (χ1) is 11.9. The second kappa shape index (κ2) is 7.18. The molecule has 0 aliphatic heterocycles. The van der Waals surface area contributed by atoms with Gasteiger partial charge in [0.05, 0.1) is 16.3 Å². The molecule has 0 spiro atoms. The molecule has 1 aromatic heterocycles. The van der Waals surface area contributed by atoms with E-state index in [0.29, 0.717) is 6.07 Å². The summed E-state index contributed by atoms with van der Waals surface area (Å²) in [6.07, 6.45) is -9.56. The molecule has 0 amide bonds. The standard InChI is InChI=1S/C15H13ClF6N4/c1-7(2)23-13-24-10(15(20,21)22)6-11(26-13)25-12-8(14(17,18)19)4-3-5-9(12)16/h3-7H,1-2H3,(H2,23,24,25,26). The maximum atomic E-state index is 13.1. The molecule has 26 heavy (non-hydrogen) atoms. The molecule has 0 bridgehead atoms. The van der Waals surface area contributed by atoms with Gasteiger partial charge >= 0.3 is 12.4 Å². The normalized spacial score (nSPS) is 12.4. The maximum absolute atomic E-state index is 13.1. The molecular weight excluding hydrogens is 386 g/mol. The van der Waals surface area contributed by atoms with Crippen LogP contribution in [0.4, 0.5) is 43.8 Å². The predicted octanol–water partition coefficient (Wildman–Crippen LogP) is 5.73. The molecule has 2 N–H and O–H groups in total. The number of anilines is 3. The molecule has 4 nitrogen and oxygen atoms in total. The van der Waals surface area contributed by atoms with Crippen molar-refractivity contribution >= 4 is 29.1 Å². The lowest BCUT2D eigenvalue weighted by atomic mass is 10.1. The van der Waals surface area contributed by atoms with Crippen LogP contribution in [-0.2, 0) is 12.4 Å². The van der Waals surface area contributed by atoms with Gasteiger partial charge in [-0.15, -0.1) is 0 Å². The Labute approximate surface area is 149 Å². The number of hydrogen-bond donors (Lipinski definition) is 2.